The van der Waals surface area contributed by atoms with E-state index in [1.807, 2.05) is 27.7 Å². The zero-order valence-corrected chi connectivity index (χ0v) is 20.4. The Hall–Kier alpha value is -1.32. The molecule has 0 heterocycles. The van der Waals surface area contributed by atoms with Crippen LogP contribution in [0.25, 0.3) is 0 Å². The van der Waals surface area contributed by atoms with Gasteiger partial charge in [0.1, 0.15) is 4.90 Å². The third-order valence-electron chi connectivity index (χ3n) is 4.06. The van der Waals surface area contributed by atoms with Crippen molar-refractivity contribution in [3.63, 3.8) is 0 Å². The van der Waals surface area contributed by atoms with Gasteiger partial charge in [-0.25, -0.2) is 16.8 Å². The van der Waals surface area contributed by atoms with Crippen LogP contribution in [-0.2, 0) is 20.0 Å². The van der Waals surface area contributed by atoms with Crippen molar-refractivity contribution in [3.8, 4) is 0 Å². The minimum Gasteiger partial charge on any atom is -0.280 e. The summed E-state index contributed by atoms with van der Waals surface area (Å²) in [4.78, 5) is -0.0547. The number of rotatable bonds is 9. The van der Waals surface area contributed by atoms with Gasteiger partial charge in [0.2, 0.25) is 10.0 Å². The number of nitrogens with zero attached hydrogens (tertiary/aromatic N) is 1. The Bertz CT molecular complexity index is 1070. The van der Waals surface area contributed by atoms with Gasteiger partial charge in [-0.3, -0.25) is 4.72 Å². The summed E-state index contributed by atoms with van der Waals surface area (Å²) in [6.45, 7) is 8.65. The molecule has 166 valence electrons. The molecule has 0 fully saturated rings. The fraction of sp³-hybridized carbons (Fsp3) is 0.400. The number of benzene rings is 2. The van der Waals surface area contributed by atoms with Crippen LogP contribution in [-0.4, -0.2) is 34.2 Å². The highest BCUT2D eigenvalue weighted by atomic mass is 35.5. The molecule has 0 saturated carbocycles. The highest BCUT2D eigenvalue weighted by molar-refractivity contribution is 7.92. The van der Waals surface area contributed by atoms with Crippen molar-refractivity contribution in [2.45, 2.75) is 37.5 Å². The normalized spacial score (nSPS) is 12.7. The third kappa shape index (κ3) is 6.34. The average molecular weight is 493 g/mol. The predicted molar refractivity (Wildman–Crippen MR) is 122 cm³/mol. The first kappa shape index (κ1) is 24.9. The molecule has 0 bridgehead atoms. The lowest BCUT2D eigenvalue weighted by Crippen LogP contribution is -2.37. The second-order valence-electron chi connectivity index (χ2n) is 7.81. The molecule has 30 heavy (non-hydrogen) atoms. The summed E-state index contributed by atoms with van der Waals surface area (Å²) >= 11 is 11.9. The fourth-order valence-electron chi connectivity index (χ4n) is 2.82. The standard InChI is InChI=1S/C20H26Cl2N2O4S2/c1-14(2)12-24(13-15(3)4)30(27,28)18-8-6-17(7-9-18)23-29(25,26)20-11-16(21)5-10-19(20)22/h5-11,14-15,23H,12-13H2,1-4H3. The number of hydrogen-bond donors (Lipinski definition) is 1. The minimum atomic E-state index is -3.99. The van der Waals surface area contributed by atoms with Gasteiger partial charge in [-0.2, -0.15) is 4.31 Å². The van der Waals surface area contributed by atoms with Crippen LogP contribution in [0, 0.1) is 11.8 Å². The first-order valence-corrected chi connectivity index (χ1v) is 13.1. The Balaban J connectivity index is 2.30. The monoisotopic (exact) mass is 492 g/mol. The first-order chi connectivity index (χ1) is 13.8. The average Bonchev–Trinajstić information content (AvgIpc) is 2.62. The molecule has 0 radical (unpaired) electrons. The van der Waals surface area contributed by atoms with E-state index in [0.717, 1.165) is 0 Å². The molecule has 0 aliphatic carbocycles. The van der Waals surface area contributed by atoms with Gasteiger partial charge in [-0.15, -0.1) is 0 Å². The summed E-state index contributed by atoms with van der Waals surface area (Å²) in [5.41, 5.74) is 0.212. The third-order valence-corrected chi connectivity index (χ3v) is 8.01. The van der Waals surface area contributed by atoms with Gasteiger partial charge in [0.15, 0.2) is 0 Å². The summed E-state index contributed by atoms with van der Waals surface area (Å²) in [6, 6.07) is 9.73. The van der Waals surface area contributed by atoms with E-state index in [-0.39, 0.29) is 37.4 Å². The SMILES string of the molecule is CC(C)CN(CC(C)C)S(=O)(=O)c1ccc(NS(=O)(=O)c2cc(Cl)ccc2Cl)cc1. The van der Waals surface area contributed by atoms with E-state index in [2.05, 4.69) is 4.72 Å². The van der Waals surface area contributed by atoms with Crippen LogP contribution in [0.2, 0.25) is 10.0 Å². The lowest BCUT2D eigenvalue weighted by atomic mass is 10.2. The number of halogens is 2. The van der Waals surface area contributed by atoms with Gasteiger partial charge in [0.05, 0.1) is 9.92 Å². The van der Waals surface area contributed by atoms with Crippen molar-refractivity contribution in [1.82, 2.24) is 4.31 Å². The van der Waals surface area contributed by atoms with Gasteiger partial charge in [-0.1, -0.05) is 50.9 Å². The van der Waals surface area contributed by atoms with Gasteiger partial charge in [0.25, 0.3) is 10.0 Å². The summed E-state index contributed by atoms with van der Waals surface area (Å²) in [6.07, 6.45) is 0. The fourth-order valence-corrected chi connectivity index (χ4v) is 6.41. The largest absolute Gasteiger partial charge is 0.280 e. The minimum absolute atomic E-state index is 0.0316. The molecule has 2 aromatic rings. The molecular weight excluding hydrogens is 467 g/mol. The molecule has 0 spiro atoms. The molecule has 0 aromatic heterocycles. The lowest BCUT2D eigenvalue weighted by Gasteiger charge is -2.25. The van der Waals surface area contributed by atoms with E-state index in [0.29, 0.717) is 13.1 Å². The molecule has 6 nitrogen and oxygen atoms in total. The lowest BCUT2D eigenvalue weighted by molar-refractivity contribution is 0.333. The van der Waals surface area contributed by atoms with Crippen LogP contribution >= 0.6 is 23.2 Å². The van der Waals surface area contributed by atoms with Gasteiger partial charge in [0, 0.05) is 23.8 Å². The van der Waals surface area contributed by atoms with Crippen molar-refractivity contribution in [3.05, 3.63) is 52.5 Å². The molecule has 0 unspecified atom stereocenters. The highest BCUT2D eigenvalue weighted by Gasteiger charge is 2.26. The maximum absolute atomic E-state index is 13.1. The van der Waals surface area contributed by atoms with E-state index in [1.165, 1.54) is 46.8 Å². The number of sulfonamides is 2. The van der Waals surface area contributed by atoms with Crippen molar-refractivity contribution in [1.29, 1.82) is 0 Å². The maximum atomic E-state index is 13.1. The second kappa shape index (κ2) is 9.87. The Morgan fingerprint density at radius 1 is 0.867 bits per heavy atom. The molecule has 0 aliphatic heterocycles. The Kier molecular flexibility index (Phi) is 8.21. The summed E-state index contributed by atoms with van der Waals surface area (Å²) in [7, 11) is -7.69. The highest BCUT2D eigenvalue weighted by Crippen LogP contribution is 2.27. The molecule has 1 N–H and O–H groups in total. The van der Waals surface area contributed by atoms with Crippen molar-refractivity contribution in [2.75, 3.05) is 17.8 Å². The van der Waals surface area contributed by atoms with Gasteiger partial charge < -0.3 is 0 Å². The second-order valence-corrected chi connectivity index (χ2v) is 12.2. The Morgan fingerprint density at radius 3 is 1.90 bits per heavy atom. The number of anilines is 1. The van der Waals surface area contributed by atoms with Crippen LogP contribution in [0.4, 0.5) is 5.69 Å². The predicted octanol–water partition coefficient (Wildman–Crippen LogP) is 5.10. The van der Waals surface area contributed by atoms with Crippen LogP contribution in [0.3, 0.4) is 0 Å². The molecule has 2 rings (SSSR count). The van der Waals surface area contributed by atoms with Crippen molar-refractivity contribution >= 4 is 48.9 Å². The van der Waals surface area contributed by atoms with Crippen LogP contribution in [0.1, 0.15) is 27.7 Å². The maximum Gasteiger partial charge on any atom is 0.263 e. The molecule has 0 amide bonds. The molecule has 0 aliphatic rings. The topological polar surface area (TPSA) is 83.6 Å². The van der Waals surface area contributed by atoms with E-state index < -0.39 is 20.0 Å². The molecule has 0 atom stereocenters. The van der Waals surface area contributed by atoms with E-state index in [9.17, 15) is 16.8 Å². The smallest absolute Gasteiger partial charge is 0.263 e. The zero-order chi connectivity index (χ0) is 22.7. The quantitative estimate of drug-likeness (QED) is 0.527. The molecular formula is C20H26Cl2N2O4S2. The van der Waals surface area contributed by atoms with E-state index >= 15 is 0 Å². The summed E-state index contributed by atoms with van der Waals surface area (Å²) in [5, 5.41) is 0.265. The summed E-state index contributed by atoms with van der Waals surface area (Å²) in [5.74, 6) is 0.346. The number of hydrogen-bond acceptors (Lipinski definition) is 4. The Morgan fingerprint density at radius 2 is 1.40 bits per heavy atom. The first-order valence-electron chi connectivity index (χ1n) is 9.41. The summed E-state index contributed by atoms with van der Waals surface area (Å²) < 4.78 is 55.2. The van der Waals surface area contributed by atoms with Crippen LogP contribution in [0.5, 0.6) is 0 Å². The van der Waals surface area contributed by atoms with Gasteiger partial charge >= 0.3 is 0 Å². The number of nitrogens with one attached hydrogen (secondary N) is 1. The van der Waals surface area contributed by atoms with Crippen molar-refractivity contribution in [2.24, 2.45) is 11.8 Å². The van der Waals surface area contributed by atoms with E-state index in [4.69, 9.17) is 23.2 Å². The molecule has 10 heteroatoms. The molecule has 0 saturated heterocycles. The van der Waals surface area contributed by atoms with Crippen LogP contribution < -0.4 is 4.72 Å². The van der Waals surface area contributed by atoms with Crippen LogP contribution in [0.15, 0.2) is 52.3 Å². The molecule has 2 aromatic carbocycles. The van der Waals surface area contributed by atoms with Gasteiger partial charge in [-0.05, 0) is 54.3 Å². The zero-order valence-electron chi connectivity index (χ0n) is 17.3. The Labute approximate surface area is 189 Å². The van der Waals surface area contributed by atoms with Crippen molar-refractivity contribution < 1.29 is 16.8 Å². The van der Waals surface area contributed by atoms with E-state index in [1.54, 1.807) is 0 Å².